The van der Waals surface area contributed by atoms with E-state index in [1.54, 1.807) is 54.6 Å². The molecule has 0 heterocycles. The first-order chi connectivity index (χ1) is 16.5. The van der Waals surface area contributed by atoms with Crippen LogP contribution in [-0.4, -0.2) is 31.4 Å². The molecule has 3 aromatic carbocycles. The Balaban J connectivity index is 1.48. The Labute approximate surface area is 202 Å². The molecule has 0 aliphatic carbocycles. The van der Waals surface area contributed by atoms with Crippen molar-refractivity contribution in [2.45, 2.75) is 18.9 Å². The number of rotatable bonds is 10. The molecule has 0 saturated carbocycles. The highest BCUT2D eigenvalue weighted by atomic mass is 35.5. The molecule has 1 amide bonds. The largest absolute Gasteiger partial charge is 0.460 e. The lowest BCUT2D eigenvalue weighted by molar-refractivity contribution is -0.147. The lowest BCUT2D eigenvalue weighted by atomic mass is 9.96. The molecule has 0 aliphatic heterocycles. The number of hydrogen-bond donors (Lipinski definition) is 1. The summed E-state index contributed by atoms with van der Waals surface area (Å²) < 4.78 is 15.3. The Morgan fingerprint density at radius 3 is 2.12 bits per heavy atom. The topological polar surface area (TPSA) is 90.9 Å². The molecule has 3 aromatic rings. The minimum atomic E-state index is -0.770. The van der Waals surface area contributed by atoms with Crippen molar-refractivity contribution < 1.29 is 28.6 Å². The van der Waals surface area contributed by atoms with Crippen molar-refractivity contribution in [3.8, 4) is 0 Å². The highest BCUT2D eigenvalue weighted by molar-refractivity contribution is 6.30. The third-order valence-corrected chi connectivity index (χ3v) is 5.12. The van der Waals surface area contributed by atoms with Crippen molar-refractivity contribution in [3.05, 3.63) is 107 Å². The zero-order valence-corrected chi connectivity index (χ0v) is 19.1. The molecular formula is C26H24ClNO6. The van der Waals surface area contributed by atoms with E-state index >= 15 is 0 Å². The summed E-state index contributed by atoms with van der Waals surface area (Å²) in [5, 5.41) is 3.10. The molecule has 0 aromatic heterocycles. The fourth-order valence-electron chi connectivity index (χ4n) is 3.11. The summed E-state index contributed by atoms with van der Waals surface area (Å²) >= 11 is 5.97. The molecule has 0 aliphatic rings. The molecule has 0 radical (unpaired) electrons. The van der Waals surface area contributed by atoms with E-state index in [0.717, 1.165) is 11.1 Å². The van der Waals surface area contributed by atoms with E-state index < -0.39 is 30.7 Å². The van der Waals surface area contributed by atoms with Gasteiger partial charge >= 0.3 is 18.0 Å². The molecule has 34 heavy (non-hydrogen) atoms. The molecule has 0 spiro atoms. The van der Waals surface area contributed by atoms with Gasteiger partial charge in [-0.15, -0.1) is 0 Å². The van der Waals surface area contributed by atoms with Crippen LogP contribution in [0.15, 0.2) is 84.9 Å². The smallest absolute Gasteiger partial charge is 0.410 e. The average Bonchev–Trinajstić information content (AvgIpc) is 2.87. The summed E-state index contributed by atoms with van der Waals surface area (Å²) in [6.07, 6.45) is -0.498. The molecule has 7 nitrogen and oxygen atoms in total. The normalized spacial score (nSPS) is 11.2. The second-order valence-corrected chi connectivity index (χ2v) is 7.70. The van der Waals surface area contributed by atoms with Crippen molar-refractivity contribution >= 4 is 29.6 Å². The van der Waals surface area contributed by atoms with E-state index in [4.69, 9.17) is 25.8 Å². The van der Waals surface area contributed by atoms with Gasteiger partial charge in [0.05, 0.1) is 11.5 Å². The van der Waals surface area contributed by atoms with Gasteiger partial charge in [-0.2, -0.15) is 0 Å². The first kappa shape index (κ1) is 24.8. The summed E-state index contributed by atoms with van der Waals surface area (Å²) in [5.74, 6) is -1.63. The lowest BCUT2D eigenvalue weighted by Crippen LogP contribution is -2.29. The van der Waals surface area contributed by atoms with Crippen molar-refractivity contribution in [2.24, 2.45) is 0 Å². The van der Waals surface area contributed by atoms with Gasteiger partial charge < -0.3 is 19.5 Å². The van der Waals surface area contributed by atoms with Gasteiger partial charge in [0.15, 0.2) is 0 Å². The van der Waals surface area contributed by atoms with E-state index in [9.17, 15) is 14.4 Å². The van der Waals surface area contributed by atoms with Gasteiger partial charge in [-0.1, -0.05) is 72.3 Å². The molecule has 3 rings (SSSR count). The predicted molar refractivity (Wildman–Crippen MR) is 126 cm³/mol. The van der Waals surface area contributed by atoms with E-state index in [1.807, 2.05) is 30.3 Å². The van der Waals surface area contributed by atoms with Crippen LogP contribution in [0.25, 0.3) is 0 Å². The molecule has 0 fully saturated rings. The first-order valence-electron chi connectivity index (χ1n) is 10.6. The van der Waals surface area contributed by atoms with Crippen molar-refractivity contribution in [1.29, 1.82) is 0 Å². The number of carbonyl (C=O) groups is 3. The van der Waals surface area contributed by atoms with Crippen LogP contribution < -0.4 is 5.32 Å². The molecule has 176 valence electrons. The van der Waals surface area contributed by atoms with Crippen LogP contribution in [-0.2, 0) is 25.6 Å². The van der Waals surface area contributed by atoms with E-state index in [-0.39, 0.29) is 19.6 Å². The van der Waals surface area contributed by atoms with Crippen LogP contribution in [0, 0.1) is 0 Å². The molecule has 1 atom stereocenters. The third kappa shape index (κ3) is 7.94. The number of hydrogen-bond acceptors (Lipinski definition) is 6. The minimum Gasteiger partial charge on any atom is -0.460 e. The maximum absolute atomic E-state index is 12.8. The number of esters is 2. The molecule has 0 bridgehead atoms. The molecule has 1 N–H and O–H groups in total. The average molecular weight is 482 g/mol. The van der Waals surface area contributed by atoms with Gasteiger partial charge in [0, 0.05) is 11.6 Å². The number of nitrogens with one attached hydrogen (secondary N) is 1. The van der Waals surface area contributed by atoms with Gasteiger partial charge in [-0.05, 0) is 41.8 Å². The first-order valence-corrected chi connectivity index (χ1v) is 11.0. The Bertz CT molecular complexity index is 1070. The van der Waals surface area contributed by atoms with Crippen molar-refractivity contribution in [2.75, 3.05) is 13.3 Å². The fraction of sp³-hybridized carbons (Fsp3) is 0.192. The highest BCUT2D eigenvalue weighted by Gasteiger charge is 2.22. The van der Waals surface area contributed by atoms with Crippen LogP contribution in [0.3, 0.4) is 0 Å². The molecule has 8 heteroatoms. The van der Waals surface area contributed by atoms with Gasteiger partial charge in [0.25, 0.3) is 0 Å². The minimum absolute atomic E-state index is 0.138. The third-order valence-electron chi connectivity index (χ3n) is 4.87. The highest BCUT2D eigenvalue weighted by Crippen LogP contribution is 2.23. The predicted octanol–water partition coefficient (Wildman–Crippen LogP) is 5.10. The summed E-state index contributed by atoms with van der Waals surface area (Å²) in [4.78, 5) is 36.6. The van der Waals surface area contributed by atoms with Gasteiger partial charge in [0.1, 0.15) is 6.61 Å². The molecule has 0 saturated heterocycles. The van der Waals surface area contributed by atoms with E-state index in [0.29, 0.717) is 10.6 Å². The van der Waals surface area contributed by atoms with Crippen LogP contribution in [0.2, 0.25) is 5.02 Å². The van der Waals surface area contributed by atoms with E-state index in [1.165, 1.54) is 0 Å². The Hall–Kier alpha value is -3.84. The summed E-state index contributed by atoms with van der Waals surface area (Å²) in [6.45, 7) is -0.246. The van der Waals surface area contributed by atoms with Crippen LogP contribution in [0.1, 0.15) is 33.8 Å². The number of carbonyl (C=O) groups excluding carboxylic acids is 3. The molecular weight excluding hydrogens is 458 g/mol. The van der Waals surface area contributed by atoms with Crippen LogP contribution in [0.5, 0.6) is 0 Å². The standard InChI is InChI=1S/C26H24ClNO6/c27-22-13-11-20(12-14-22)23(25(30)32-17-19-7-3-1-4-8-19)15-16-28-26(31)34-18-33-24(29)21-9-5-2-6-10-21/h1-14,23H,15-18H2,(H,28,31). The quantitative estimate of drug-likeness (QED) is 0.320. The lowest BCUT2D eigenvalue weighted by Gasteiger charge is -2.17. The van der Waals surface area contributed by atoms with Crippen molar-refractivity contribution in [1.82, 2.24) is 5.32 Å². The Morgan fingerprint density at radius 1 is 0.794 bits per heavy atom. The zero-order chi connectivity index (χ0) is 24.2. The van der Waals surface area contributed by atoms with E-state index in [2.05, 4.69) is 5.32 Å². The summed E-state index contributed by atoms with van der Waals surface area (Å²) in [6, 6.07) is 24.6. The zero-order valence-electron chi connectivity index (χ0n) is 18.3. The number of amides is 1. The summed E-state index contributed by atoms with van der Waals surface area (Å²) in [5.41, 5.74) is 1.94. The number of benzene rings is 3. The maximum atomic E-state index is 12.8. The summed E-state index contributed by atoms with van der Waals surface area (Å²) in [7, 11) is 0. The van der Waals surface area contributed by atoms with Crippen LogP contribution in [0.4, 0.5) is 4.79 Å². The second-order valence-electron chi connectivity index (χ2n) is 7.26. The Kier molecular flexibility index (Phi) is 9.49. The fourth-order valence-corrected chi connectivity index (χ4v) is 3.23. The Morgan fingerprint density at radius 2 is 1.44 bits per heavy atom. The maximum Gasteiger partial charge on any atom is 0.410 e. The number of ether oxygens (including phenoxy) is 3. The van der Waals surface area contributed by atoms with Crippen molar-refractivity contribution in [3.63, 3.8) is 0 Å². The monoisotopic (exact) mass is 481 g/mol. The number of halogens is 1. The SMILES string of the molecule is O=C(NCCC(C(=O)OCc1ccccc1)c1ccc(Cl)cc1)OCOC(=O)c1ccccc1. The van der Waals surface area contributed by atoms with Gasteiger partial charge in [0.2, 0.25) is 6.79 Å². The molecule has 1 unspecified atom stereocenters. The van der Waals surface area contributed by atoms with Crippen LogP contribution >= 0.6 is 11.6 Å². The second kappa shape index (κ2) is 13.0. The number of alkyl carbamates (subject to hydrolysis) is 1. The van der Waals surface area contributed by atoms with Gasteiger partial charge in [-0.25, -0.2) is 9.59 Å². The van der Waals surface area contributed by atoms with Gasteiger partial charge in [-0.3, -0.25) is 4.79 Å².